The SMILES string of the molecule is COc1cc(Br)c2c(-c3n[nH]c(=O)o3)c[nH]c2c1. The van der Waals surface area contributed by atoms with E-state index < -0.39 is 5.76 Å². The zero-order valence-electron chi connectivity index (χ0n) is 9.28. The largest absolute Gasteiger partial charge is 0.497 e. The Balaban J connectivity index is 2.29. The topological polar surface area (TPSA) is 83.9 Å². The molecule has 0 radical (unpaired) electrons. The number of aromatic nitrogens is 3. The van der Waals surface area contributed by atoms with Gasteiger partial charge in [-0.15, -0.1) is 5.10 Å². The maximum absolute atomic E-state index is 11.0. The number of methoxy groups -OCH3 is 1. The standard InChI is InChI=1S/C11H8BrN3O3/c1-17-5-2-7(12)9-6(4-13-8(9)3-5)10-14-15-11(16)18-10/h2-4,13H,1H3,(H,15,16). The highest BCUT2D eigenvalue weighted by atomic mass is 79.9. The third kappa shape index (κ3) is 1.63. The Morgan fingerprint density at radius 2 is 2.28 bits per heavy atom. The summed E-state index contributed by atoms with van der Waals surface area (Å²) in [6, 6.07) is 3.69. The van der Waals surface area contributed by atoms with Crippen molar-refractivity contribution in [1.82, 2.24) is 15.2 Å². The van der Waals surface area contributed by atoms with E-state index in [1.165, 1.54) is 0 Å². The lowest BCUT2D eigenvalue weighted by molar-refractivity contribution is 0.415. The monoisotopic (exact) mass is 309 g/mol. The molecule has 2 N–H and O–H groups in total. The van der Waals surface area contributed by atoms with Gasteiger partial charge in [0.25, 0.3) is 5.89 Å². The van der Waals surface area contributed by atoms with Gasteiger partial charge >= 0.3 is 5.76 Å². The highest BCUT2D eigenvalue weighted by molar-refractivity contribution is 9.10. The second-order valence-electron chi connectivity index (χ2n) is 3.65. The zero-order valence-corrected chi connectivity index (χ0v) is 10.9. The van der Waals surface area contributed by atoms with Crippen LogP contribution in [0.1, 0.15) is 0 Å². The Kier molecular flexibility index (Phi) is 2.48. The molecule has 0 fully saturated rings. The maximum Gasteiger partial charge on any atom is 0.434 e. The lowest BCUT2D eigenvalue weighted by Crippen LogP contribution is -1.93. The molecule has 6 nitrogen and oxygen atoms in total. The first-order chi connectivity index (χ1) is 8.69. The molecule has 0 aliphatic heterocycles. The predicted octanol–water partition coefficient (Wildman–Crippen LogP) is 2.28. The average Bonchev–Trinajstić information content (AvgIpc) is 2.94. The number of H-pyrrole nitrogens is 2. The maximum atomic E-state index is 11.0. The summed E-state index contributed by atoms with van der Waals surface area (Å²) in [4.78, 5) is 14.1. The average molecular weight is 310 g/mol. The van der Waals surface area contributed by atoms with E-state index in [9.17, 15) is 4.79 Å². The van der Waals surface area contributed by atoms with Crippen LogP contribution in [-0.2, 0) is 0 Å². The highest BCUT2D eigenvalue weighted by Gasteiger charge is 2.15. The van der Waals surface area contributed by atoms with Gasteiger partial charge in [-0.25, -0.2) is 9.89 Å². The molecule has 0 spiro atoms. The van der Waals surface area contributed by atoms with Gasteiger partial charge < -0.3 is 14.1 Å². The first-order valence-corrected chi connectivity index (χ1v) is 5.89. The molecule has 2 aromatic heterocycles. The van der Waals surface area contributed by atoms with Crippen LogP contribution >= 0.6 is 15.9 Å². The van der Waals surface area contributed by atoms with E-state index >= 15 is 0 Å². The Morgan fingerprint density at radius 3 is 2.94 bits per heavy atom. The van der Waals surface area contributed by atoms with Gasteiger partial charge in [-0.3, -0.25) is 0 Å². The molecular formula is C11H8BrN3O3. The molecule has 0 amide bonds. The van der Waals surface area contributed by atoms with E-state index in [1.807, 2.05) is 12.1 Å². The van der Waals surface area contributed by atoms with Crippen molar-refractivity contribution < 1.29 is 9.15 Å². The number of ether oxygens (including phenoxy) is 1. The predicted molar refractivity (Wildman–Crippen MR) is 68.7 cm³/mol. The molecule has 92 valence electrons. The van der Waals surface area contributed by atoms with Gasteiger partial charge in [0.05, 0.1) is 18.2 Å². The number of hydrogen-bond acceptors (Lipinski definition) is 4. The van der Waals surface area contributed by atoms with Crippen molar-refractivity contribution in [2.45, 2.75) is 0 Å². The third-order valence-electron chi connectivity index (χ3n) is 2.61. The molecule has 7 heteroatoms. The summed E-state index contributed by atoms with van der Waals surface area (Å²) < 4.78 is 11.0. The molecule has 2 heterocycles. The molecule has 0 unspecified atom stereocenters. The molecule has 3 rings (SSSR count). The van der Waals surface area contributed by atoms with Gasteiger partial charge in [0.15, 0.2) is 0 Å². The first-order valence-electron chi connectivity index (χ1n) is 5.09. The fourth-order valence-electron chi connectivity index (χ4n) is 1.82. The van der Waals surface area contributed by atoms with Crippen LogP contribution in [0, 0.1) is 0 Å². The zero-order chi connectivity index (χ0) is 12.7. The van der Waals surface area contributed by atoms with Crippen LogP contribution in [0.2, 0.25) is 0 Å². The summed E-state index contributed by atoms with van der Waals surface area (Å²) in [5, 5.41) is 6.93. The summed E-state index contributed by atoms with van der Waals surface area (Å²) in [7, 11) is 1.60. The smallest absolute Gasteiger partial charge is 0.434 e. The van der Waals surface area contributed by atoms with Gasteiger partial charge in [-0.05, 0) is 22.0 Å². The summed E-state index contributed by atoms with van der Waals surface area (Å²) in [5.41, 5.74) is 1.57. The number of nitrogens with zero attached hydrogens (tertiary/aromatic N) is 1. The van der Waals surface area contributed by atoms with Crippen molar-refractivity contribution >= 4 is 26.8 Å². The lowest BCUT2D eigenvalue weighted by atomic mass is 10.1. The first kappa shape index (κ1) is 11.1. The van der Waals surface area contributed by atoms with Crippen LogP contribution in [0.3, 0.4) is 0 Å². The number of benzene rings is 1. The van der Waals surface area contributed by atoms with Crippen LogP contribution in [0.4, 0.5) is 0 Å². The van der Waals surface area contributed by atoms with E-state index in [0.29, 0.717) is 5.56 Å². The number of nitrogens with one attached hydrogen (secondary N) is 2. The van der Waals surface area contributed by atoms with Gasteiger partial charge in [0, 0.05) is 22.1 Å². The third-order valence-corrected chi connectivity index (χ3v) is 3.23. The van der Waals surface area contributed by atoms with Crippen molar-refractivity contribution in [1.29, 1.82) is 0 Å². The molecule has 0 bridgehead atoms. The second-order valence-corrected chi connectivity index (χ2v) is 4.51. The molecule has 1 aromatic carbocycles. The van der Waals surface area contributed by atoms with E-state index in [4.69, 9.17) is 9.15 Å². The van der Waals surface area contributed by atoms with E-state index in [1.54, 1.807) is 13.3 Å². The highest BCUT2D eigenvalue weighted by Crippen LogP contribution is 2.35. The summed E-state index contributed by atoms with van der Waals surface area (Å²) >= 11 is 3.46. The molecule has 0 aliphatic carbocycles. The molecule has 0 saturated heterocycles. The minimum absolute atomic E-state index is 0.247. The number of hydrogen-bond donors (Lipinski definition) is 2. The second kappa shape index (κ2) is 4.02. The Hall–Kier alpha value is -2.02. The van der Waals surface area contributed by atoms with Crippen LogP contribution in [0.15, 0.2) is 32.0 Å². The van der Waals surface area contributed by atoms with Crippen LogP contribution in [0.25, 0.3) is 22.4 Å². The van der Waals surface area contributed by atoms with Gasteiger partial charge in [-0.2, -0.15) is 0 Å². The fraction of sp³-hybridized carbons (Fsp3) is 0.0909. The number of aromatic amines is 2. The van der Waals surface area contributed by atoms with Crippen molar-refractivity contribution in [3.8, 4) is 17.2 Å². The van der Waals surface area contributed by atoms with E-state index in [0.717, 1.165) is 21.1 Å². The molecular weight excluding hydrogens is 302 g/mol. The van der Waals surface area contributed by atoms with Crippen LogP contribution in [-0.4, -0.2) is 22.3 Å². The summed E-state index contributed by atoms with van der Waals surface area (Å²) in [6.07, 6.45) is 1.73. The Morgan fingerprint density at radius 1 is 1.44 bits per heavy atom. The Labute approximate surface area is 109 Å². The van der Waals surface area contributed by atoms with Crippen LogP contribution < -0.4 is 10.5 Å². The van der Waals surface area contributed by atoms with Gasteiger partial charge in [-0.1, -0.05) is 0 Å². The minimum Gasteiger partial charge on any atom is -0.497 e. The normalized spacial score (nSPS) is 11.0. The van der Waals surface area contributed by atoms with Crippen molar-refractivity contribution in [3.63, 3.8) is 0 Å². The Bertz CT molecular complexity index is 771. The fourth-order valence-corrected chi connectivity index (χ4v) is 2.48. The number of fused-ring (bicyclic) bond motifs is 1. The van der Waals surface area contributed by atoms with Gasteiger partial charge in [0.2, 0.25) is 0 Å². The van der Waals surface area contributed by atoms with Crippen molar-refractivity contribution in [3.05, 3.63) is 33.4 Å². The molecule has 0 saturated carbocycles. The summed E-state index contributed by atoms with van der Waals surface area (Å²) in [6.45, 7) is 0. The van der Waals surface area contributed by atoms with E-state index in [2.05, 4.69) is 31.1 Å². The van der Waals surface area contributed by atoms with Gasteiger partial charge in [0.1, 0.15) is 5.75 Å². The van der Waals surface area contributed by atoms with Crippen molar-refractivity contribution in [2.24, 2.45) is 0 Å². The number of rotatable bonds is 2. The minimum atomic E-state index is -0.580. The molecule has 0 aliphatic rings. The lowest BCUT2D eigenvalue weighted by Gasteiger charge is -2.02. The summed E-state index contributed by atoms with van der Waals surface area (Å²) in [5.74, 6) is 0.396. The van der Waals surface area contributed by atoms with Crippen molar-refractivity contribution in [2.75, 3.05) is 7.11 Å². The van der Waals surface area contributed by atoms with E-state index in [-0.39, 0.29) is 5.89 Å². The molecule has 3 aromatic rings. The quantitative estimate of drug-likeness (QED) is 0.760. The van der Waals surface area contributed by atoms with Crippen LogP contribution in [0.5, 0.6) is 5.75 Å². The number of halogens is 1. The molecule has 0 atom stereocenters. The molecule has 18 heavy (non-hydrogen) atoms.